The predicted octanol–water partition coefficient (Wildman–Crippen LogP) is 13.1. The monoisotopic (exact) mass is 662 g/mol. The Labute approximate surface area is 274 Å². The highest BCUT2D eigenvalue weighted by atomic mass is 32.1. The maximum Gasteiger partial charge on any atom is 0.155 e. The molecular weight excluding hydrogens is 627 g/mol. The summed E-state index contributed by atoms with van der Waals surface area (Å²) >= 11 is 6.84. The first-order valence-electron chi connectivity index (χ1n) is 15.6. The number of benzene rings is 2. The number of thiazole rings is 2. The van der Waals surface area contributed by atoms with E-state index in [-0.39, 0.29) is 11.6 Å². The van der Waals surface area contributed by atoms with Gasteiger partial charge in [-0.05, 0) is 84.3 Å². The minimum Gasteiger partial charge on any atom is -0.222 e. The van der Waals surface area contributed by atoms with Gasteiger partial charge in [0.2, 0.25) is 0 Å². The molecule has 0 aliphatic carbocycles. The SMILES string of the molecule is CCCCCCc1cc(-c2ccc(F)cc2)sc1-c1nc2sc(-c3sc(-c4ccc(F)cc4)cc3CCCCCC)nc2s1. The van der Waals surface area contributed by atoms with Crippen molar-refractivity contribution in [2.24, 2.45) is 0 Å². The van der Waals surface area contributed by atoms with Crippen LogP contribution in [0.3, 0.4) is 0 Å². The van der Waals surface area contributed by atoms with E-state index in [0.29, 0.717) is 0 Å². The van der Waals surface area contributed by atoms with Gasteiger partial charge in [-0.3, -0.25) is 0 Å². The highest BCUT2D eigenvalue weighted by molar-refractivity contribution is 7.32. The zero-order chi connectivity index (χ0) is 30.5. The molecule has 4 heterocycles. The minimum atomic E-state index is -0.216. The van der Waals surface area contributed by atoms with Gasteiger partial charge in [0.1, 0.15) is 21.6 Å². The van der Waals surface area contributed by atoms with Crippen LogP contribution in [0.15, 0.2) is 60.7 Å². The van der Waals surface area contributed by atoms with Gasteiger partial charge in [-0.25, -0.2) is 18.7 Å². The van der Waals surface area contributed by atoms with Crippen molar-refractivity contribution in [3.05, 3.63) is 83.4 Å². The van der Waals surface area contributed by atoms with E-state index in [1.54, 1.807) is 45.3 Å². The Bertz CT molecular complexity index is 1650. The number of halogens is 2. The molecule has 0 aliphatic rings. The van der Waals surface area contributed by atoms with E-state index in [1.807, 2.05) is 24.3 Å². The van der Waals surface area contributed by atoms with Gasteiger partial charge in [0.25, 0.3) is 0 Å². The molecule has 0 bridgehead atoms. The van der Waals surface area contributed by atoms with Gasteiger partial charge >= 0.3 is 0 Å². The summed E-state index contributed by atoms with van der Waals surface area (Å²) in [4.78, 5) is 16.9. The summed E-state index contributed by atoms with van der Waals surface area (Å²) in [7, 11) is 0. The summed E-state index contributed by atoms with van der Waals surface area (Å²) in [6, 6.07) is 18.1. The van der Waals surface area contributed by atoms with Crippen LogP contribution < -0.4 is 0 Å². The molecule has 0 atom stereocenters. The van der Waals surface area contributed by atoms with Crippen LogP contribution in [0.25, 0.3) is 50.3 Å². The van der Waals surface area contributed by atoms with Crippen molar-refractivity contribution in [3.63, 3.8) is 0 Å². The molecule has 6 rings (SSSR count). The van der Waals surface area contributed by atoms with Crippen molar-refractivity contribution in [2.45, 2.75) is 78.1 Å². The van der Waals surface area contributed by atoms with Crippen LogP contribution in [-0.2, 0) is 12.8 Å². The molecule has 0 aliphatic heterocycles. The van der Waals surface area contributed by atoms with Gasteiger partial charge in [-0.2, -0.15) is 0 Å². The third kappa shape index (κ3) is 7.20. The summed E-state index contributed by atoms with van der Waals surface area (Å²) in [5, 5.41) is 2.04. The second-order valence-corrected chi connectivity index (χ2v) is 15.3. The average molecular weight is 663 g/mol. The Kier molecular flexibility index (Phi) is 10.3. The molecule has 0 radical (unpaired) electrons. The van der Waals surface area contributed by atoms with E-state index in [1.165, 1.54) is 83.7 Å². The van der Waals surface area contributed by atoms with Gasteiger partial charge in [-0.1, -0.05) is 99.3 Å². The first kappa shape index (κ1) is 31.2. The Morgan fingerprint density at radius 1 is 0.523 bits per heavy atom. The molecule has 0 spiro atoms. The molecule has 44 heavy (non-hydrogen) atoms. The van der Waals surface area contributed by atoms with Crippen LogP contribution in [0.2, 0.25) is 0 Å². The smallest absolute Gasteiger partial charge is 0.155 e. The van der Waals surface area contributed by atoms with Crippen LogP contribution in [0, 0.1) is 11.6 Å². The maximum atomic E-state index is 13.6. The highest BCUT2D eigenvalue weighted by Crippen LogP contribution is 2.46. The standard InChI is InChI=1S/C36H36F2N2S4/c1-3-5-7-9-11-25-21-29(23-13-17-27(37)18-14-23)41-31(25)33-39-35-36(43-33)40-34(44-35)32-26(12-10-8-6-4-2)22-30(42-32)24-15-19-28(38)20-16-24/h13-22H,3-12H2,1-2H3. The molecule has 228 valence electrons. The summed E-state index contributed by atoms with van der Waals surface area (Å²) in [6.07, 6.45) is 11.7. The molecule has 0 saturated heterocycles. The van der Waals surface area contributed by atoms with Crippen LogP contribution in [0.1, 0.15) is 76.3 Å². The predicted molar refractivity (Wildman–Crippen MR) is 188 cm³/mol. The molecule has 0 N–H and O–H groups in total. The van der Waals surface area contributed by atoms with E-state index < -0.39 is 0 Å². The summed E-state index contributed by atoms with van der Waals surface area (Å²) in [5.41, 5.74) is 4.72. The van der Waals surface area contributed by atoms with E-state index in [2.05, 4.69) is 26.0 Å². The van der Waals surface area contributed by atoms with Crippen LogP contribution in [0.5, 0.6) is 0 Å². The number of aryl methyl sites for hydroxylation is 2. The summed E-state index contributed by atoms with van der Waals surface area (Å²) in [5.74, 6) is -0.431. The van der Waals surface area contributed by atoms with Gasteiger partial charge in [0.15, 0.2) is 9.66 Å². The quantitative estimate of drug-likeness (QED) is 0.108. The number of rotatable bonds is 14. The van der Waals surface area contributed by atoms with Gasteiger partial charge < -0.3 is 0 Å². The number of aromatic nitrogens is 2. The average Bonchev–Trinajstić information content (AvgIpc) is 3.81. The lowest BCUT2D eigenvalue weighted by Crippen LogP contribution is -1.86. The Hall–Kier alpha value is -2.78. The zero-order valence-electron chi connectivity index (χ0n) is 25.1. The third-order valence-corrected chi connectivity index (χ3v) is 12.6. The van der Waals surface area contributed by atoms with Crippen molar-refractivity contribution in [1.29, 1.82) is 0 Å². The van der Waals surface area contributed by atoms with Crippen molar-refractivity contribution in [3.8, 4) is 40.7 Å². The number of fused-ring (bicyclic) bond motifs is 1. The first-order valence-corrected chi connectivity index (χ1v) is 18.8. The number of unbranched alkanes of at least 4 members (excludes halogenated alkanes) is 6. The van der Waals surface area contributed by atoms with Gasteiger partial charge in [0.05, 0.1) is 9.75 Å². The number of thiophene rings is 2. The fourth-order valence-corrected chi connectivity index (χ4v) is 10.1. The van der Waals surface area contributed by atoms with Gasteiger partial charge in [-0.15, -0.1) is 22.7 Å². The second kappa shape index (κ2) is 14.5. The van der Waals surface area contributed by atoms with E-state index in [4.69, 9.17) is 9.97 Å². The Morgan fingerprint density at radius 3 is 1.32 bits per heavy atom. The number of hydrogen-bond donors (Lipinski definition) is 0. The summed E-state index contributed by atoms with van der Waals surface area (Å²) < 4.78 is 27.2. The fourth-order valence-electron chi connectivity index (χ4n) is 5.42. The number of nitrogens with zero attached hydrogens (tertiary/aromatic N) is 2. The molecule has 8 heteroatoms. The molecule has 6 aromatic rings. The van der Waals surface area contributed by atoms with E-state index in [0.717, 1.165) is 66.2 Å². The number of hydrogen-bond acceptors (Lipinski definition) is 6. The third-order valence-electron chi connectivity index (χ3n) is 7.84. The van der Waals surface area contributed by atoms with Gasteiger partial charge in [0, 0.05) is 9.75 Å². The molecular formula is C36H36F2N2S4. The highest BCUT2D eigenvalue weighted by Gasteiger charge is 2.21. The molecule has 4 aromatic heterocycles. The topological polar surface area (TPSA) is 25.8 Å². The molecule has 2 nitrogen and oxygen atoms in total. The van der Waals surface area contributed by atoms with Crippen molar-refractivity contribution >= 4 is 55.0 Å². The van der Waals surface area contributed by atoms with Crippen molar-refractivity contribution in [2.75, 3.05) is 0 Å². The van der Waals surface area contributed by atoms with Crippen LogP contribution in [-0.4, -0.2) is 9.97 Å². The van der Waals surface area contributed by atoms with Crippen LogP contribution in [0.4, 0.5) is 8.78 Å². The maximum absolute atomic E-state index is 13.6. The zero-order valence-corrected chi connectivity index (χ0v) is 28.4. The molecule has 0 amide bonds. The Balaban J connectivity index is 1.32. The normalized spacial score (nSPS) is 11.6. The fraction of sp³-hybridized carbons (Fsp3) is 0.333. The van der Waals surface area contributed by atoms with Crippen molar-refractivity contribution in [1.82, 2.24) is 9.97 Å². The lowest BCUT2D eigenvalue weighted by Gasteiger charge is -2.02. The van der Waals surface area contributed by atoms with Crippen molar-refractivity contribution < 1.29 is 8.78 Å². The molecule has 0 unspecified atom stereocenters. The van der Waals surface area contributed by atoms with E-state index >= 15 is 0 Å². The minimum absolute atomic E-state index is 0.216. The van der Waals surface area contributed by atoms with Crippen LogP contribution >= 0.6 is 45.3 Å². The van der Waals surface area contributed by atoms with E-state index in [9.17, 15) is 8.78 Å². The first-order chi connectivity index (χ1) is 21.5. The molecule has 0 fully saturated rings. The Morgan fingerprint density at radius 2 is 0.932 bits per heavy atom. The molecule has 2 aromatic carbocycles. The lowest BCUT2D eigenvalue weighted by atomic mass is 10.1. The lowest BCUT2D eigenvalue weighted by molar-refractivity contribution is 0.627. The second-order valence-electron chi connectivity index (χ2n) is 11.2. The largest absolute Gasteiger partial charge is 0.222 e. The molecule has 0 saturated carbocycles. The summed E-state index contributed by atoms with van der Waals surface area (Å²) in [6.45, 7) is 4.48.